The normalized spacial score (nSPS) is 18.5. The zero-order valence-corrected chi connectivity index (χ0v) is 8.80. The van der Waals surface area contributed by atoms with E-state index in [0.29, 0.717) is 30.1 Å². The van der Waals surface area contributed by atoms with Crippen LogP contribution >= 0.6 is 0 Å². The van der Waals surface area contributed by atoms with Gasteiger partial charge in [-0.1, -0.05) is 0 Å². The highest BCUT2D eigenvalue weighted by molar-refractivity contribution is 5.59. The van der Waals surface area contributed by atoms with Gasteiger partial charge in [0.25, 0.3) is 5.69 Å². The topological polar surface area (TPSA) is 87.6 Å². The number of hydrogen-bond acceptors (Lipinski definition) is 5. The highest BCUT2D eigenvalue weighted by Gasteiger charge is 2.30. The summed E-state index contributed by atoms with van der Waals surface area (Å²) in [6.07, 6.45) is 0.570. The first-order chi connectivity index (χ1) is 7.65. The molecule has 1 atom stereocenters. The predicted octanol–water partition coefficient (Wildman–Crippen LogP) is 1.39. The van der Waals surface area contributed by atoms with Gasteiger partial charge >= 0.3 is 0 Å². The largest absolute Gasteiger partial charge is 0.493 e. The van der Waals surface area contributed by atoms with Gasteiger partial charge in [0.1, 0.15) is 0 Å². The van der Waals surface area contributed by atoms with Crippen molar-refractivity contribution in [2.75, 3.05) is 13.7 Å². The number of fused-ring (bicyclic) bond motifs is 1. The zero-order valence-electron chi connectivity index (χ0n) is 8.80. The Kier molecular flexibility index (Phi) is 2.66. The van der Waals surface area contributed by atoms with Crippen LogP contribution in [0.2, 0.25) is 0 Å². The van der Waals surface area contributed by atoms with Crippen molar-refractivity contribution in [3.05, 3.63) is 27.8 Å². The van der Waals surface area contributed by atoms with Crippen molar-refractivity contribution in [3.8, 4) is 11.5 Å². The van der Waals surface area contributed by atoms with Crippen LogP contribution in [0.5, 0.6) is 11.5 Å². The Labute approximate surface area is 92.1 Å². The minimum atomic E-state index is -0.452. The first-order valence-corrected chi connectivity index (χ1v) is 4.88. The van der Waals surface area contributed by atoms with E-state index in [-0.39, 0.29) is 11.7 Å². The van der Waals surface area contributed by atoms with Crippen LogP contribution in [0.15, 0.2) is 12.1 Å². The van der Waals surface area contributed by atoms with E-state index in [1.54, 1.807) is 0 Å². The summed E-state index contributed by atoms with van der Waals surface area (Å²) in [5.41, 5.74) is 6.28. The third-order valence-electron chi connectivity index (χ3n) is 2.60. The second kappa shape index (κ2) is 3.97. The molecule has 1 aliphatic rings. The minimum Gasteiger partial charge on any atom is -0.493 e. The number of rotatable bonds is 2. The summed E-state index contributed by atoms with van der Waals surface area (Å²) in [5, 5.41) is 10.9. The highest BCUT2D eigenvalue weighted by Crippen LogP contribution is 2.43. The Balaban J connectivity index is 2.63. The molecule has 0 radical (unpaired) electrons. The average molecular weight is 224 g/mol. The molecule has 86 valence electrons. The van der Waals surface area contributed by atoms with E-state index in [2.05, 4.69) is 0 Å². The third-order valence-corrected chi connectivity index (χ3v) is 2.60. The fourth-order valence-electron chi connectivity index (χ4n) is 1.83. The minimum absolute atomic E-state index is 0.0111. The van der Waals surface area contributed by atoms with E-state index < -0.39 is 4.92 Å². The summed E-state index contributed by atoms with van der Waals surface area (Å²) in [4.78, 5) is 10.4. The van der Waals surface area contributed by atoms with Crippen molar-refractivity contribution >= 4 is 5.69 Å². The maximum absolute atomic E-state index is 10.9. The molecule has 2 N–H and O–H groups in total. The molecule has 1 aliphatic heterocycles. The lowest BCUT2D eigenvalue weighted by atomic mass is 9.99. The van der Waals surface area contributed by atoms with Crippen LogP contribution in [0.1, 0.15) is 18.0 Å². The Morgan fingerprint density at radius 3 is 3.00 bits per heavy atom. The van der Waals surface area contributed by atoms with Gasteiger partial charge in [-0.05, 0) is 6.07 Å². The van der Waals surface area contributed by atoms with Gasteiger partial charge in [0.15, 0.2) is 11.5 Å². The Bertz CT molecular complexity index is 433. The second-order valence-electron chi connectivity index (χ2n) is 3.53. The molecule has 6 heteroatoms. The van der Waals surface area contributed by atoms with Gasteiger partial charge in [-0.25, -0.2) is 0 Å². The molecule has 2 rings (SSSR count). The number of benzene rings is 1. The fraction of sp³-hybridized carbons (Fsp3) is 0.400. The lowest BCUT2D eigenvalue weighted by molar-refractivity contribution is -0.385. The molecular weight excluding hydrogens is 212 g/mol. The molecule has 1 aromatic carbocycles. The van der Waals surface area contributed by atoms with E-state index in [9.17, 15) is 10.1 Å². The van der Waals surface area contributed by atoms with Gasteiger partial charge in [0, 0.05) is 18.5 Å². The summed E-state index contributed by atoms with van der Waals surface area (Å²) in [7, 11) is 1.49. The molecule has 1 aromatic rings. The van der Waals surface area contributed by atoms with Crippen LogP contribution in [0, 0.1) is 10.1 Å². The number of nitrogens with two attached hydrogens (primary N) is 1. The number of methoxy groups -OCH3 is 1. The Morgan fingerprint density at radius 2 is 2.38 bits per heavy atom. The zero-order chi connectivity index (χ0) is 11.7. The number of hydrogen-bond donors (Lipinski definition) is 1. The first kappa shape index (κ1) is 10.7. The van der Waals surface area contributed by atoms with E-state index in [1.807, 2.05) is 0 Å². The van der Waals surface area contributed by atoms with Crippen molar-refractivity contribution < 1.29 is 14.4 Å². The molecular formula is C10H12N2O4. The van der Waals surface area contributed by atoms with Gasteiger partial charge in [-0.3, -0.25) is 10.1 Å². The molecule has 0 saturated heterocycles. The smallest absolute Gasteiger partial charge is 0.278 e. The summed E-state index contributed by atoms with van der Waals surface area (Å²) in [5.74, 6) is 0.881. The van der Waals surface area contributed by atoms with Crippen LogP contribution in [0.25, 0.3) is 0 Å². The third kappa shape index (κ3) is 1.57. The van der Waals surface area contributed by atoms with Crippen molar-refractivity contribution in [2.24, 2.45) is 5.73 Å². The molecule has 0 aromatic heterocycles. The fourth-order valence-corrected chi connectivity index (χ4v) is 1.83. The van der Waals surface area contributed by atoms with Gasteiger partial charge in [0.05, 0.1) is 24.2 Å². The van der Waals surface area contributed by atoms with E-state index in [1.165, 1.54) is 19.2 Å². The summed E-state index contributed by atoms with van der Waals surface area (Å²) in [6, 6.07) is 2.54. The maximum Gasteiger partial charge on any atom is 0.278 e. The van der Waals surface area contributed by atoms with Crippen LogP contribution in [-0.4, -0.2) is 18.6 Å². The molecule has 0 fully saturated rings. The highest BCUT2D eigenvalue weighted by atomic mass is 16.6. The van der Waals surface area contributed by atoms with Crippen LogP contribution in [0.4, 0.5) is 5.69 Å². The van der Waals surface area contributed by atoms with Crippen molar-refractivity contribution in [2.45, 2.75) is 12.5 Å². The second-order valence-corrected chi connectivity index (χ2v) is 3.53. The molecule has 16 heavy (non-hydrogen) atoms. The van der Waals surface area contributed by atoms with Gasteiger partial charge in [-0.2, -0.15) is 0 Å². The maximum atomic E-state index is 10.9. The molecule has 0 bridgehead atoms. The number of ether oxygens (including phenoxy) is 2. The molecule has 0 spiro atoms. The monoisotopic (exact) mass is 224 g/mol. The number of nitro groups is 1. The molecule has 0 aliphatic carbocycles. The quantitative estimate of drug-likeness (QED) is 0.605. The molecule has 0 amide bonds. The summed E-state index contributed by atoms with van der Waals surface area (Å²) < 4.78 is 10.5. The molecule has 1 heterocycles. The molecule has 6 nitrogen and oxygen atoms in total. The first-order valence-electron chi connectivity index (χ1n) is 4.88. The van der Waals surface area contributed by atoms with Crippen molar-refractivity contribution in [3.63, 3.8) is 0 Å². The predicted molar refractivity (Wildman–Crippen MR) is 56.7 cm³/mol. The molecule has 0 saturated carbocycles. The van der Waals surface area contributed by atoms with Crippen LogP contribution < -0.4 is 15.2 Å². The lowest BCUT2D eigenvalue weighted by Gasteiger charge is -2.24. The van der Waals surface area contributed by atoms with Crippen molar-refractivity contribution in [1.82, 2.24) is 0 Å². The van der Waals surface area contributed by atoms with E-state index in [0.717, 1.165) is 0 Å². The number of nitro benzene ring substituents is 1. The van der Waals surface area contributed by atoms with E-state index >= 15 is 0 Å². The van der Waals surface area contributed by atoms with E-state index in [4.69, 9.17) is 15.2 Å². The Morgan fingerprint density at radius 1 is 1.62 bits per heavy atom. The van der Waals surface area contributed by atoms with Crippen molar-refractivity contribution in [1.29, 1.82) is 0 Å². The van der Waals surface area contributed by atoms with Crippen LogP contribution in [-0.2, 0) is 0 Å². The standard InChI is InChI=1S/C10H12N2O4/c1-15-8-3-2-7(12(13)14)9-6(11)4-5-16-10(8)9/h2-3,6H,4-5,11H2,1H3/t6-/m0/s1. The van der Waals surface area contributed by atoms with Gasteiger partial charge in [0.2, 0.25) is 0 Å². The number of nitrogens with zero attached hydrogens (tertiary/aromatic N) is 1. The lowest BCUT2D eigenvalue weighted by Crippen LogP contribution is -2.22. The van der Waals surface area contributed by atoms with Gasteiger partial charge in [-0.15, -0.1) is 0 Å². The Hall–Kier alpha value is -1.82. The van der Waals surface area contributed by atoms with Crippen LogP contribution in [0.3, 0.4) is 0 Å². The molecule has 0 unspecified atom stereocenters. The average Bonchev–Trinajstić information content (AvgIpc) is 2.28. The SMILES string of the molecule is COc1ccc([N+](=O)[O-])c2c1OCC[C@@H]2N. The summed E-state index contributed by atoms with van der Waals surface area (Å²) >= 11 is 0. The van der Waals surface area contributed by atoms with Gasteiger partial charge < -0.3 is 15.2 Å². The summed E-state index contributed by atoms with van der Waals surface area (Å²) in [6.45, 7) is 0.450.